The maximum Gasteiger partial charge on any atom is 0.277 e. The van der Waals surface area contributed by atoms with Crippen LogP contribution in [0, 0.1) is 6.92 Å². The number of hydrogen-bond donors (Lipinski definition) is 1. The number of carbonyl (C=O) groups excluding carboxylic acids is 1. The molecule has 37 heavy (non-hydrogen) atoms. The molecule has 8 heteroatoms. The summed E-state index contributed by atoms with van der Waals surface area (Å²) in [6.45, 7) is 4.58. The van der Waals surface area contributed by atoms with E-state index in [1.165, 1.54) is 0 Å². The van der Waals surface area contributed by atoms with Crippen LogP contribution in [0.15, 0.2) is 72.9 Å². The minimum Gasteiger partial charge on any atom is -0.490 e. The van der Waals surface area contributed by atoms with Crippen LogP contribution in [0.25, 0.3) is 11.1 Å². The molecule has 1 aliphatic heterocycles. The smallest absolute Gasteiger partial charge is 0.277 e. The molecule has 1 amide bonds. The van der Waals surface area contributed by atoms with Gasteiger partial charge in [0, 0.05) is 23.8 Å². The third-order valence-electron chi connectivity index (χ3n) is 6.61. The molecular formula is C29H30ClN5O2. The molecule has 0 radical (unpaired) electrons. The topological polar surface area (TPSA) is 72.3 Å². The summed E-state index contributed by atoms with van der Waals surface area (Å²) in [6.07, 6.45) is 4.02. The largest absolute Gasteiger partial charge is 0.490 e. The fourth-order valence-corrected chi connectivity index (χ4v) is 4.69. The molecule has 0 unspecified atom stereocenters. The highest BCUT2D eigenvalue weighted by molar-refractivity contribution is 6.31. The van der Waals surface area contributed by atoms with Crippen LogP contribution in [-0.2, 0) is 6.54 Å². The van der Waals surface area contributed by atoms with Crippen LogP contribution in [-0.4, -0.2) is 52.0 Å². The van der Waals surface area contributed by atoms with Crippen molar-refractivity contribution in [2.75, 3.05) is 25.5 Å². The van der Waals surface area contributed by atoms with Crippen LogP contribution >= 0.6 is 11.6 Å². The van der Waals surface area contributed by atoms with Crippen LogP contribution in [0.2, 0.25) is 5.02 Å². The van der Waals surface area contributed by atoms with Gasteiger partial charge in [0.05, 0.1) is 12.7 Å². The number of halogens is 1. The average molecular weight is 516 g/mol. The van der Waals surface area contributed by atoms with Gasteiger partial charge in [-0.3, -0.25) is 4.79 Å². The molecule has 1 saturated heterocycles. The second-order valence-electron chi connectivity index (χ2n) is 9.57. The second kappa shape index (κ2) is 11.2. The van der Waals surface area contributed by atoms with E-state index in [9.17, 15) is 4.79 Å². The lowest BCUT2D eigenvalue weighted by atomic mass is 10.0. The third kappa shape index (κ3) is 6.37. The highest BCUT2D eigenvalue weighted by Crippen LogP contribution is 2.26. The molecule has 7 nitrogen and oxygen atoms in total. The Bertz CT molecular complexity index is 1360. The fraction of sp³-hybridized carbons (Fsp3) is 0.276. The van der Waals surface area contributed by atoms with Crippen LogP contribution in [0.5, 0.6) is 5.75 Å². The molecule has 1 aromatic heterocycles. The van der Waals surface area contributed by atoms with E-state index in [1.807, 2.05) is 61.5 Å². The number of rotatable bonds is 7. The van der Waals surface area contributed by atoms with Crippen molar-refractivity contribution in [2.45, 2.75) is 32.4 Å². The summed E-state index contributed by atoms with van der Waals surface area (Å²) >= 11 is 6.32. The van der Waals surface area contributed by atoms with Crippen molar-refractivity contribution < 1.29 is 9.53 Å². The number of piperidine rings is 1. The maximum atomic E-state index is 12.7. The van der Waals surface area contributed by atoms with Crippen molar-refractivity contribution in [1.29, 1.82) is 0 Å². The number of aryl methyl sites for hydroxylation is 1. The Kier molecular flexibility index (Phi) is 7.53. The number of hydrogen-bond acceptors (Lipinski definition) is 5. The van der Waals surface area contributed by atoms with Gasteiger partial charge < -0.3 is 15.0 Å². The molecule has 0 bridgehead atoms. The molecule has 0 spiro atoms. The van der Waals surface area contributed by atoms with Crippen LogP contribution in [0.4, 0.5) is 5.69 Å². The van der Waals surface area contributed by atoms with Crippen molar-refractivity contribution in [3.8, 4) is 16.9 Å². The predicted molar refractivity (Wildman–Crippen MR) is 146 cm³/mol. The van der Waals surface area contributed by atoms with Crippen molar-refractivity contribution in [3.63, 3.8) is 0 Å². The van der Waals surface area contributed by atoms with Gasteiger partial charge in [0.15, 0.2) is 5.69 Å². The number of nitrogens with zero attached hydrogens (tertiary/aromatic N) is 4. The van der Waals surface area contributed by atoms with Crippen molar-refractivity contribution in [2.24, 2.45) is 0 Å². The lowest BCUT2D eigenvalue weighted by molar-refractivity contribution is 0.102. The molecule has 1 N–H and O–H groups in total. The number of aromatic nitrogens is 3. The van der Waals surface area contributed by atoms with Crippen LogP contribution in [0.1, 0.15) is 34.5 Å². The first-order valence-electron chi connectivity index (χ1n) is 12.5. The summed E-state index contributed by atoms with van der Waals surface area (Å²) in [6, 6.07) is 21.8. The number of ether oxygens (including phenoxy) is 1. The molecule has 0 saturated carbocycles. The van der Waals surface area contributed by atoms with Gasteiger partial charge >= 0.3 is 0 Å². The number of nitrogens with one attached hydrogen (secondary N) is 1. The number of likely N-dealkylation sites (tertiary alicyclic amines) is 1. The van der Waals surface area contributed by atoms with E-state index in [0.29, 0.717) is 17.3 Å². The number of amides is 1. The molecule has 0 aliphatic carbocycles. The van der Waals surface area contributed by atoms with E-state index in [1.54, 1.807) is 10.9 Å². The van der Waals surface area contributed by atoms with E-state index < -0.39 is 0 Å². The summed E-state index contributed by atoms with van der Waals surface area (Å²) in [5.74, 6) is 0.587. The minimum atomic E-state index is -0.315. The lowest BCUT2D eigenvalue weighted by Gasteiger charge is -2.29. The predicted octanol–water partition coefficient (Wildman–Crippen LogP) is 5.68. The van der Waals surface area contributed by atoms with E-state index in [2.05, 4.69) is 39.7 Å². The van der Waals surface area contributed by atoms with Gasteiger partial charge in [-0.2, -0.15) is 0 Å². The summed E-state index contributed by atoms with van der Waals surface area (Å²) < 4.78 is 7.76. The van der Waals surface area contributed by atoms with Crippen LogP contribution in [0.3, 0.4) is 0 Å². The summed E-state index contributed by atoms with van der Waals surface area (Å²) in [7, 11) is 2.15. The summed E-state index contributed by atoms with van der Waals surface area (Å²) in [4.78, 5) is 15.0. The maximum absolute atomic E-state index is 12.7. The third-order valence-corrected chi connectivity index (χ3v) is 6.96. The van der Waals surface area contributed by atoms with Gasteiger partial charge in [-0.25, -0.2) is 4.68 Å². The molecular weight excluding hydrogens is 486 g/mol. The Hall–Kier alpha value is -3.68. The first-order valence-corrected chi connectivity index (χ1v) is 12.8. The summed E-state index contributed by atoms with van der Waals surface area (Å²) in [5, 5.41) is 11.6. The van der Waals surface area contributed by atoms with E-state index in [-0.39, 0.29) is 17.7 Å². The SMILES string of the molecule is Cc1ccc(Cn2cc(C(=O)Nc3ccc(-c4ccc(OC5CCN(C)CC5)cc4)cc3)nn2)c(Cl)c1. The number of anilines is 1. The molecule has 2 heterocycles. The zero-order valence-corrected chi connectivity index (χ0v) is 21.8. The fourth-order valence-electron chi connectivity index (χ4n) is 4.40. The first-order chi connectivity index (χ1) is 17.9. The van der Waals surface area contributed by atoms with Gasteiger partial charge in [-0.1, -0.05) is 53.2 Å². The van der Waals surface area contributed by atoms with Gasteiger partial charge in [0.25, 0.3) is 5.91 Å². The zero-order valence-electron chi connectivity index (χ0n) is 21.0. The normalized spacial score (nSPS) is 14.5. The standard InChI is InChI=1S/C29H30ClN5O2/c1-20-3-4-23(27(30)17-20)18-35-19-28(32-33-35)29(36)31-24-9-5-21(6-10-24)22-7-11-25(12-8-22)37-26-13-15-34(2)16-14-26/h3-12,17,19,26H,13-16,18H2,1-2H3,(H,31,36). The Morgan fingerprint density at radius 1 is 1.03 bits per heavy atom. The average Bonchev–Trinajstić information content (AvgIpc) is 3.37. The van der Waals surface area contributed by atoms with Crippen molar-refractivity contribution in [1.82, 2.24) is 19.9 Å². The summed E-state index contributed by atoms with van der Waals surface area (Å²) in [5.41, 5.74) is 5.09. The molecule has 1 aliphatic rings. The van der Waals surface area contributed by atoms with Crippen molar-refractivity contribution >= 4 is 23.2 Å². The van der Waals surface area contributed by atoms with Gasteiger partial charge in [-0.05, 0) is 79.4 Å². The Morgan fingerprint density at radius 2 is 1.70 bits per heavy atom. The van der Waals surface area contributed by atoms with E-state index in [0.717, 1.165) is 53.9 Å². The van der Waals surface area contributed by atoms with Gasteiger partial charge in [0.2, 0.25) is 0 Å². The minimum absolute atomic E-state index is 0.243. The Balaban J connectivity index is 1.17. The van der Waals surface area contributed by atoms with E-state index in [4.69, 9.17) is 16.3 Å². The van der Waals surface area contributed by atoms with Crippen LogP contribution < -0.4 is 10.1 Å². The quantitative estimate of drug-likeness (QED) is 0.343. The van der Waals surface area contributed by atoms with Crippen molar-refractivity contribution in [3.05, 3.63) is 94.8 Å². The lowest BCUT2D eigenvalue weighted by Crippen LogP contribution is -2.35. The van der Waals surface area contributed by atoms with Gasteiger partial charge in [0.1, 0.15) is 11.9 Å². The Labute approximate surface area is 222 Å². The molecule has 1 fully saturated rings. The Morgan fingerprint density at radius 3 is 2.38 bits per heavy atom. The molecule has 5 rings (SSSR count). The number of benzene rings is 3. The molecule has 0 atom stereocenters. The number of carbonyl (C=O) groups is 1. The first kappa shape index (κ1) is 25.0. The molecule has 4 aromatic rings. The second-order valence-corrected chi connectivity index (χ2v) is 9.98. The van der Waals surface area contributed by atoms with Gasteiger partial charge in [-0.15, -0.1) is 5.10 Å². The highest BCUT2D eigenvalue weighted by Gasteiger charge is 2.18. The monoisotopic (exact) mass is 515 g/mol. The molecule has 3 aromatic carbocycles. The highest BCUT2D eigenvalue weighted by atomic mass is 35.5. The van der Waals surface area contributed by atoms with E-state index >= 15 is 0 Å². The molecule has 190 valence electrons. The zero-order chi connectivity index (χ0) is 25.8.